The average Bonchev–Trinajstić information content (AvgIpc) is 3.86. The number of carbonyl (C=O) groups excluding carboxylic acids is 3. The predicted molar refractivity (Wildman–Crippen MR) is 193 cm³/mol. The molecule has 51 heavy (non-hydrogen) atoms. The predicted octanol–water partition coefficient (Wildman–Crippen LogP) is 5.96. The minimum atomic E-state index is -1.12. The normalized spacial score (nSPS) is 20.9. The highest BCUT2D eigenvalue weighted by Crippen LogP contribution is 2.40. The summed E-state index contributed by atoms with van der Waals surface area (Å²) >= 11 is 12.8. The summed E-state index contributed by atoms with van der Waals surface area (Å²) in [7, 11) is 0. The van der Waals surface area contributed by atoms with Crippen molar-refractivity contribution in [3.05, 3.63) is 101 Å². The van der Waals surface area contributed by atoms with E-state index in [0.29, 0.717) is 47.5 Å². The molecule has 0 N–H and O–H groups in total. The number of nitrogens with zero attached hydrogens (tertiary/aromatic N) is 6. The average molecular weight is 734 g/mol. The van der Waals surface area contributed by atoms with Crippen LogP contribution in [0.25, 0.3) is 0 Å². The van der Waals surface area contributed by atoms with Crippen LogP contribution in [0.1, 0.15) is 25.3 Å². The van der Waals surface area contributed by atoms with Crippen molar-refractivity contribution in [2.45, 2.75) is 38.2 Å². The molecule has 0 spiro atoms. The zero-order chi connectivity index (χ0) is 35.5. The Balaban J connectivity index is 0.916. The molecule has 1 aromatic heterocycles. The number of hydrogen-bond acceptors (Lipinski definition) is 9. The van der Waals surface area contributed by atoms with Gasteiger partial charge in [-0.3, -0.25) is 14.5 Å². The fraction of sp³-hybridized carbons (Fsp3) is 0.351. The number of aromatic nitrogens is 2. The van der Waals surface area contributed by atoms with E-state index < -0.39 is 23.6 Å². The molecule has 4 heterocycles. The molecule has 0 radical (unpaired) electrons. The van der Waals surface area contributed by atoms with Gasteiger partial charge in [-0.05, 0) is 67.1 Å². The molecular formula is C37H38Cl2N6O6. The molecule has 266 valence electrons. The maximum Gasteiger partial charge on any atom is 0.338 e. The van der Waals surface area contributed by atoms with Gasteiger partial charge >= 0.3 is 17.8 Å². The summed E-state index contributed by atoms with van der Waals surface area (Å²) in [5, 5.41) is 0.987. The number of amides is 4. The SMILES string of the molecule is CCCCN1C(=O)C(=O)N(c2ccc(N3CCN(c4ccc(OC[C@@H]5CO[C@@](Cn6ccnc6)(c6ccc(Cl)cc6Cl)O5)cc4)CC3)cc2)C1=O. The van der Waals surface area contributed by atoms with Gasteiger partial charge in [-0.25, -0.2) is 14.7 Å². The largest absolute Gasteiger partial charge is 0.491 e. The second kappa shape index (κ2) is 14.9. The molecule has 14 heteroatoms. The third kappa shape index (κ3) is 7.27. The number of imide groups is 2. The van der Waals surface area contributed by atoms with Gasteiger partial charge in [0.25, 0.3) is 0 Å². The van der Waals surface area contributed by atoms with E-state index in [1.807, 2.05) is 48.0 Å². The molecular weight excluding hydrogens is 695 g/mol. The first-order valence-electron chi connectivity index (χ1n) is 17.0. The van der Waals surface area contributed by atoms with Crippen LogP contribution in [-0.4, -0.2) is 84.3 Å². The smallest absolute Gasteiger partial charge is 0.338 e. The number of urea groups is 1. The van der Waals surface area contributed by atoms with E-state index in [2.05, 4.69) is 26.9 Å². The fourth-order valence-corrected chi connectivity index (χ4v) is 7.15. The van der Waals surface area contributed by atoms with Gasteiger partial charge in [-0.1, -0.05) is 42.6 Å². The first kappa shape index (κ1) is 34.8. The highest BCUT2D eigenvalue weighted by Gasteiger charge is 2.46. The van der Waals surface area contributed by atoms with Crippen LogP contribution in [0.4, 0.5) is 21.9 Å². The number of benzene rings is 3. The van der Waals surface area contributed by atoms with Crippen LogP contribution >= 0.6 is 23.2 Å². The Hall–Kier alpha value is -4.62. The van der Waals surface area contributed by atoms with Crippen LogP contribution in [0.2, 0.25) is 10.0 Å². The fourth-order valence-electron chi connectivity index (χ4n) is 6.60. The van der Waals surface area contributed by atoms with Gasteiger partial charge in [0.2, 0.25) is 5.79 Å². The Morgan fingerprint density at radius 2 is 1.55 bits per heavy atom. The van der Waals surface area contributed by atoms with Crippen molar-refractivity contribution < 1.29 is 28.6 Å². The number of rotatable bonds is 12. The lowest BCUT2D eigenvalue weighted by Gasteiger charge is -2.37. The third-order valence-corrected chi connectivity index (χ3v) is 9.88. The van der Waals surface area contributed by atoms with Crippen molar-refractivity contribution in [2.24, 2.45) is 0 Å². The lowest BCUT2D eigenvalue weighted by atomic mass is 10.1. The lowest BCUT2D eigenvalue weighted by Crippen LogP contribution is -2.46. The van der Waals surface area contributed by atoms with Crippen LogP contribution in [0.5, 0.6) is 5.75 Å². The molecule has 3 aliphatic heterocycles. The van der Waals surface area contributed by atoms with Crippen LogP contribution in [-0.2, 0) is 31.4 Å². The first-order valence-corrected chi connectivity index (χ1v) is 17.8. The van der Waals surface area contributed by atoms with E-state index in [1.54, 1.807) is 36.8 Å². The second-order valence-corrected chi connectivity index (χ2v) is 13.5. The molecule has 0 unspecified atom stereocenters. The highest BCUT2D eigenvalue weighted by atomic mass is 35.5. The number of hydrogen-bond donors (Lipinski definition) is 0. The van der Waals surface area contributed by atoms with E-state index in [9.17, 15) is 14.4 Å². The standard InChI is InChI=1S/C37H38Cl2N6O6/c1-2-3-15-44-34(46)35(47)45(36(44)48)29-7-5-27(6-8-29)42-17-19-43(20-18-42)28-9-11-30(12-10-28)49-22-31-23-50-37(51-31,24-41-16-14-40-25-41)32-13-4-26(38)21-33(32)39/h4-14,16,21,25,31H,2-3,15,17-20,22-24H2,1H3/t31-,37-/m1/s1. The summed E-state index contributed by atoms with van der Waals surface area (Å²) in [6.45, 7) is 6.40. The van der Waals surface area contributed by atoms with E-state index in [-0.39, 0.29) is 12.6 Å². The quantitative estimate of drug-likeness (QED) is 0.129. The molecule has 2 atom stereocenters. The van der Waals surface area contributed by atoms with Crippen LogP contribution < -0.4 is 19.4 Å². The molecule has 3 aromatic carbocycles. The van der Waals surface area contributed by atoms with Crippen LogP contribution in [0.15, 0.2) is 85.5 Å². The Kier molecular flexibility index (Phi) is 10.2. The Morgan fingerprint density at radius 3 is 2.18 bits per heavy atom. The molecule has 3 fully saturated rings. The van der Waals surface area contributed by atoms with Gasteiger partial charge in [0.1, 0.15) is 18.5 Å². The zero-order valence-corrected chi connectivity index (χ0v) is 29.6. The monoisotopic (exact) mass is 732 g/mol. The van der Waals surface area contributed by atoms with Gasteiger partial charge < -0.3 is 28.6 Å². The van der Waals surface area contributed by atoms with E-state index in [4.69, 9.17) is 37.4 Å². The second-order valence-electron chi connectivity index (χ2n) is 12.7. The molecule has 12 nitrogen and oxygen atoms in total. The number of carbonyl (C=O) groups is 3. The summed E-state index contributed by atoms with van der Waals surface area (Å²) in [5.74, 6) is -1.97. The Labute approximate surface area is 306 Å². The summed E-state index contributed by atoms with van der Waals surface area (Å²) in [4.78, 5) is 48.5. The molecule has 4 aromatic rings. The molecule has 4 amide bonds. The number of imidazole rings is 1. The topological polar surface area (TPSA) is 110 Å². The van der Waals surface area contributed by atoms with Crippen molar-refractivity contribution in [2.75, 3.05) is 60.6 Å². The van der Waals surface area contributed by atoms with E-state index in [1.165, 1.54) is 0 Å². The molecule has 3 aliphatic rings. The summed E-state index contributed by atoms with van der Waals surface area (Å²) in [5.41, 5.74) is 3.17. The van der Waals surface area contributed by atoms with Crippen molar-refractivity contribution in [1.82, 2.24) is 14.5 Å². The lowest BCUT2D eigenvalue weighted by molar-refractivity contribution is -0.189. The van der Waals surface area contributed by atoms with Gasteiger partial charge in [0.15, 0.2) is 0 Å². The van der Waals surface area contributed by atoms with Gasteiger partial charge in [0, 0.05) is 67.1 Å². The molecule has 0 bridgehead atoms. The van der Waals surface area contributed by atoms with Crippen molar-refractivity contribution >= 4 is 58.1 Å². The van der Waals surface area contributed by atoms with Gasteiger partial charge in [0.05, 0.1) is 30.2 Å². The van der Waals surface area contributed by atoms with E-state index in [0.717, 1.165) is 59.5 Å². The molecule has 3 saturated heterocycles. The van der Waals surface area contributed by atoms with Gasteiger partial charge in [-0.2, -0.15) is 0 Å². The molecule has 0 aliphatic carbocycles. The minimum absolute atomic E-state index is 0.246. The number of halogens is 2. The highest BCUT2D eigenvalue weighted by molar-refractivity contribution is 6.52. The maximum atomic E-state index is 12.8. The third-order valence-electron chi connectivity index (χ3n) is 9.33. The summed E-state index contributed by atoms with van der Waals surface area (Å²) < 4.78 is 20.8. The number of unbranched alkanes of at least 4 members (excludes halogenated alkanes) is 1. The summed E-state index contributed by atoms with van der Waals surface area (Å²) in [6.07, 6.45) is 6.39. The number of piperazine rings is 1. The van der Waals surface area contributed by atoms with Crippen molar-refractivity contribution in [1.29, 1.82) is 0 Å². The maximum absolute atomic E-state index is 12.8. The van der Waals surface area contributed by atoms with Crippen molar-refractivity contribution in [3.63, 3.8) is 0 Å². The number of ether oxygens (including phenoxy) is 3. The molecule has 7 rings (SSSR count). The van der Waals surface area contributed by atoms with Crippen molar-refractivity contribution in [3.8, 4) is 5.75 Å². The Morgan fingerprint density at radius 1 is 0.882 bits per heavy atom. The molecule has 0 saturated carbocycles. The zero-order valence-electron chi connectivity index (χ0n) is 28.1. The minimum Gasteiger partial charge on any atom is -0.491 e. The summed E-state index contributed by atoms with van der Waals surface area (Å²) in [6, 6.07) is 19.9. The number of anilines is 3. The van der Waals surface area contributed by atoms with E-state index >= 15 is 0 Å². The Bertz CT molecular complexity index is 1870. The first-order chi connectivity index (χ1) is 24.7. The van der Waals surface area contributed by atoms with Gasteiger partial charge in [-0.15, -0.1) is 0 Å². The van der Waals surface area contributed by atoms with Crippen LogP contribution in [0.3, 0.4) is 0 Å². The van der Waals surface area contributed by atoms with Crippen LogP contribution in [0, 0.1) is 0 Å².